The molecule has 1 aliphatic rings. The summed E-state index contributed by atoms with van der Waals surface area (Å²) < 4.78 is 0. The molecule has 2 unspecified atom stereocenters. The molecular weight excluding hydrogens is 218 g/mol. The first kappa shape index (κ1) is 13.0. The average molecular weight is 241 g/mol. The maximum Gasteiger partial charge on any atom is 0.0354 e. The SMILES string of the molecule is C#Cc1cccc(NC2CCCC(C(C)C)C2)c1. The molecule has 0 heterocycles. The van der Waals surface area contributed by atoms with Crippen LogP contribution in [0.2, 0.25) is 0 Å². The van der Waals surface area contributed by atoms with E-state index in [4.69, 9.17) is 6.42 Å². The van der Waals surface area contributed by atoms with Crippen LogP contribution in [0.25, 0.3) is 0 Å². The molecule has 1 saturated carbocycles. The highest BCUT2D eigenvalue weighted by molar-refractivity contribution is 5.50. The van der Waals surface area contributed by atoms with Gasteiger partial charge in [-0.05, 0) is 42.9 Å². The van der Waals surface area contributed by atoms with Crippen LogP contribution in [0, 0.1) is 24.2 Å². The molecule has 0 aromatic heterocycles. The lowest BCUT2D eigenvalue weighted by molar-refractivity contribution is 0.264. The Morgan fingerprint density at radius 3 is 2.89 bits per heavy atom. The molecule has 0 bridgehead atoms. The minimum atomic E-state index is 0.610. The van der Waals surface area contributed by atoms with Crippen LogP contribution >= 0.6 is 0 Å². The molecule has 1 heteroatoms. The van der Waals surface area contributed by atoms with Gasteiger partial charge in [-0.1, -0.05) is 38.7 Å². The number of nitrogens with one attached hydrogen (secondary N) is 1. The fraction of sp³-hybridized carbons (Fsp3) is 0.529. The van der Waals surface area contributed by atoms with Gasteiger partial charge in [0, 0.05) is 17.3 Å². The van der Waals surface area contributed by atoms with Crippen LogP contribution in [0.5, 0.6) is 0 Å². The summed E-state index contributed by atoms with van der Waals surface area (Å²) in [5.74, 6) is 4.36. The van der Waals surface area contributed by atoms with E-state index >= 15 is 0 Å². The molecule has 18 heavy (non-hydrogen) atoms. The Morgan fingerprint density at radius 1 is 1.33 bits per heavy atom. The van der Waals surface area contributed by atoms with Crippen LogP contribution in [0.1, 0.15) is 45.1 Å². The van der Waals surface area contributed by atoms with Gasteiger partial charge in [0.05, 0.1) is 0 Å². The van der Waals surface area contributed by atoms with Gasteiger partial charge in [-0.15, -0.1) is 6.42 Å². The second kappa shape index (κ2) is 5.96. The first-order chi connectivity index (χ1) is 8.69. The zero-order valence-electron chi connectivity index (χ0n) is 11.4. The maximum atomic E-state index is 5.44. The molecule has 1 aliphatic carbocycles. The van der Waals surface area contributed by atoms with Gasteiger partial charge in [-0.2, -0.15) is 0 Å². The Balaban J connectivity index is 1.98. The van der Waals surface area contributed by atoms with Crippen LogP contribution in [0.4, 0.5) is 5.69 Å². The topological polar surface area (TPSA) is 12.0 Å². The highest BCUT2D eigenvalue weighted by atomic mass is 14.9. The van der Waals surface area contributed by atoms with Crippen LogP contribution in [0.3, 0.4) is 0 Å². The fourth-order valence-corrected chi connectivity index (χ4v) is 2.90. The van der Waals surface area contributed by atoms with Crippen molar-refractivity contribution in [2.24, 2.45) is 11.8 Å². The summed E-state index contributed by atoms with van der Waals surface area (Å²) in [5, 5.41) is 3.64. The van der Waals surface area contributed by atoms with E-state index in [0.717, 1.165) is 17.4 Å². The molecule has 1 fully saturated rings. The lowest BCUT2D eigenvalue weighted by Gasteiger charge is -2.32. The largest absolute Gasteiger partial charge is 0.382 e. The van der Waals surface area contributed by atoms with Crippen molar-refractivity contribution in [1.82, 2.24) is 0 Å². The number of benzene rings is 1. The van der Waals surface area contributed by atoms with E-state index in [1.165, 1.54) is 31.4 Å². The second-order valence-corrected chi connectivity index (χ2v) is 5.74. The van der Waals surface area contributed by atoms with E-state index in [1.807, 2.05) is 12.1 Å². The van der Waals surface area contributed by atoms with Crippen molar-refractivity contribution in [3.8, 4) is 12.3 Å². The summed E-state index contributed by atoms with van der Waals surface area (Å²) in [6.07, 6.45) is 10.7. The normalized spacial score (nSPS) is 23.7. The zero-order valence-corrected chi connectivity index (χ0v) is 11.4. The summed E-state index contributed by atoms with van der Waals surface area (Å²) in [4.78, 5) is 0. The first-order valence-corrected chi connectivity index (χ1v) is 7.02. The van der Waals surface area contributed by atoms with E-state index < -0.39 is 0 Å². The zero-order chi connectivity index (χ0) is 13.0. The van der Waals surface area contributed by atoms with Gasteiger partial charge in [0.25, 0.3) is 0 Å². The third kappa shape index (κ3) is 3.29. The number of hydrogen-bond acceptors (Lipinski definition) is 1. The minimum Gasteiger partial charge on any atom is -0.382 e. The quantitative estimate of drug-likeness (QED) is 0.778. The van der Waals surface area contributed by atoms with Crippen LogP contribution in [-0.4, -0.2) is 6.04 Å². The van der Waals surface area contributed by atoms with Crippen LogP contribution < -0.4 is 5.32 Å². The molecule has 0 spiro atoms. The highest BCUT2D eigenvalue weighted by Crippen LogP contribution is 2.31. The van der Waals surface area contributed by atoms with Crippen molar-refractivity contribution in [2.45, 2.75) is 45.6 Å². The molecule has 0 saturated heterocycles. The summed E-state index contributed by atoms with van der Waals surface area (Å²) in [6.45, 7) is 4.68. The Morgan fingerprint density at radius 2 is 2.17 bits per heavy atom. The van der Waals surface area contributed by atoms with Gasteiger partial charge < -0.3 is 5.32 Å². The predicted molar refractivity (Wildman–Crippen MR) is 78.6 cm³/mol. The number of anilines is 1. The molecule has 1 aromatic carbocycles. The predicted octanol–water partition coefficient (Wildman–Crippen LogP) is 4.29. The van der Waals surface area contributed by atoms with Crippen molar-refractivity contribution in [3.05, 3.63) is 29.8 Å². The molecular formula is C17H23N. The van der Waals surface area contributed by atoms with Crippen molar-refractivity contribution in [3.63, 3.8) is 0 Å². The molecule has 0 aliphatic heterocycles. The molecule has 1 aromatic rings. The average Bonchev–Trinajstić information content (AvgIpc) is 2.39. The number of hydrogen-bond donors (Lipinski definition) is 1. The Bertz CT molecular complexity index is 427. The molecule has 0 radical (unpaired) electrons. The van der Waals surface area contributed by atoms with Gasteiger partial charge in [0.2, 0.25) is 0 Å². The minimum absolute atomic E-state index is 0.610. The fourth-order valence-electron chi connectivity index (χ4n) is 2.90. The first-order valence-electron chi connectivity index (χ1n) is 7.02. The molecule has 1 N–H and O–H groups in total. The van der Waals surface area contributed by atoms with Gasteiger partial charge in [0.15, 0.2) is 0 Å². The summed E-state index contributed by atoms with van der Waals surface area (Å²) in [5.41, 5.74) is 2.12. The molecule has 0 amide bonds. The maximum absolute atomic E-state index is 5.44. The smallest absolute Gasteiger partial charge is 0.0354 e. The Hall–Kier alpha value is -1.42. The summed E-state index contributed by atoms with van der Waals surface area (Å²) in [6, 6.07) is 8.79. The molecule has 2 rings (SSSR count). The van der Waals surface area contributed by atoms with Gasteiger partial charge in [-0.3, -0.25) is 0 Å². The third-order valence-electron chi connectivity index (χ3n) is 4.06. The molecule has 96 valence electrons. The molecule has 1 nitrogen and oxygen atoms in total. The van der Waals surface area contributed by atoms with Gasteiger partial charge in [-0.25, -0.2) is 0 Å². The van der Waals surface area contributed by atoms with Crippen LogP contribution in [-0.2, 0) is 0 Å². The van der Waals surface area contributed by atoms with Crippen molar-refractivity contribution < 1.29 is 0 Å². The Labute approximate surface area is 111 Å². The Kier molecular flexibility index (Phi) is 4.31. The van der Waals surface area contributed by atoms with Crippen molar-refractivity contribution in [2.75, 3.05) is 5.32 Å². The molecule has 2 atom stereocenters. The van der Waals surface area contributed by atoms with Gasteiger partial charge in [0.1, 0.15) is 0 Å². The standard InChI is InChI=1S/C17H23N/c1-4-14-7-5-9-16(11-14)18-17-10-6-8-15(12-17)13(2)3/h1,5,7,9,11,13,15,17-18H,6,8,10,12H2,2-3H3. The second-order valence-electron chi connectivity index (χ2n) is 5.74. The van der Waals surface area contributed by atoms with Crippen LogP contribution in [0.15, 0.2) is 24.3 Å². The van der Waals surface area contributed by atoms with E-state index in [9.17, 15) is 0 Å². The summed E-state index contributed by atoms with van der Waals surface area (Å²) in [7, 11) is 0. The lowest BCUT2D eigenvalue weighted by atomic mass is 9.79. The van der Waals surface area contributed by atoms with E-state index in [1.54, 1.807) is 0 Å². The van der Waals surface area contributed by atoms with Crippen molar-refractivity contribution >= 4 is 5.69 Å². The number of rotatable bonds is 3. The lowest BCUT2D eigenvalue weighted by Crippen LogP contribution is -2.29. The third-order valence-corrected chi connectivity index (χ3v) is 4.06. The van der Waals surface area contributed by atoms with E-state index in [2.05, 4.69) is 37.2 Å². The summed E-state index contributed by atoms with van der Waals surface area (Å²) >= 11 is 0. The van der Waals surface area contributed by atoms with Gasteiger partial charge >= 0.3 is 0 Å². The van der Waals surface area contributed by atoms with E-state index in [-0.39, 0.29) is 0 Å². The monoisotopic (exact) mass is 241 g/mol. The number of terminal acetylenes is 1. The van der Waals surface area contributed by atoms with E-state index in [0.29, 0.717) is 6.04 Å². The van der Waals surface area contributed by atoms with Crippen molar-refractivity contribution in [1.29, 1.82) is 0 Å². The highest BCUT2D eigenvalue weighted by Gasteiger charge is 2.23.